The molecule has 20 heavy (non-hydrogen) atoms. The van der Waals surface area contributed by atoms with Crippen LogP contribution in [-0.4, -0.2) is 23.0 Å². The zero-order valence-electron chi connectivity index (χ0n) is 11.0. The molecule has 7 nitrogen and oxygen atoms in total. The van der Waals surface area contributed by atoms with Crippen LogP contribution < -0.4 is 16.4 Å². The predicted octanol–water partition coefficient (Wildman–Crippen LogP) is 1.99. The number of rotatable bonds is 3. The van der Waals surface area contributed by atoms with Gasteiger partial charge in [0.25, 0.3) is 5.69 Å². The molecule has 1 aliphatic rings. The van der Waals surface area contributed by atoms with Crippen molar-refractivity contribution in [2.45, 2.75) is 37.8 Å². The summed E-state index contributed by atoms with van der Waals surface area (Å²) in [6.07, 6.45) is 3.97. The first-order valence-electron chi connectivity index (χ1n) is 6.64. The third-order valence-electron chi connectivity index (χ3n) is 3.47. The fraction of sp³-hybridized carbons (Fsp3) is 0.462. The molecule has 108 valence electrons. The molecular formula is C13H18N4O3. The molecule has 1 aromatic carbocycles. The van der Waals surface area contributed by atoms with E-state index in [1.54, 1.807) is 0 Å². The van der Waals surface area contributed by atoms with Gasteiger partial charge in [0.15, 0.2) is 0 Å². The molecule has 1 aliphatic carbocycles. The first kappa shape index (κ1) is 14.3. The maximum Gasteiger partial charge on any atom is 0.319 e. The van der Waals surface area contributed by atoms with Gasteiger partial charge in [-0.05, 0) is 25.0 Å². The van der Waals surface area contributed by atoms with Crippen LogP contribution in [0.25, 0.3) is 0 Å². The van der Waals surface area contributed by atoms with Gasteiger partial charge in [0.1, 0.15) is 0 Å². The van der Waals surface area contributed by atoms with Gasteiger partial charge in [-0.25, -0.2) is 4.79 Å². The summed E-state index contributed by atoms with van der Waals surface area (Å²) in [5, 5.41) is 16.0. The summed E-state index contributed by atoms with van der Waals surface area (Å²) >= 11 is 0. The lowest BCUT2D eigenvalue weighted by molar-refractivity contribution is -0.384. The van der Waals surface area contributed by atoms with Crippen molar-refractivity contribution in [3.63, 3.8) is 0 Å². The summed E-state index contributed by atoms with van der Waals surface area (Å²) in [4.78, 5) is 21.9. The Morgan fingerprint density at radius 1 is 1.25 bits per heavy atom. The molecule has 0 spiro atoms. The molecule has 1 fully saturated rings. The SMILES string of the molecule is NC1CCCCC1NC(=O)Nc1ccc([N+](=O)[O-])cc1. The topological polar surface area (TPSA) is 110 Å². The van der Waals surface area contributed by atoms with Gasteiger partial charge < -0.3 is 16.4 Å². The first-order valence-corrected chi connectivity index (χ1v) is 6.64. The molecule has 0 radical (unpaired) electrons. The van der Waals surface area contributed by atoms with Crippen LogP contribution in [-0.2, 0) is 0 Å². The molecule has 4 N–H and O–H groups in total. The number of nitrogens with zero attached hydrogens (tertiary/aromatic N) is 1. The second-order valence-corrected chi connectivity index (χ2v) is 4.96. The van der Waals surface area contributed by atoms with Crippen LogP contribution in [0.3, 0.4) is 0 Å². The number of nitrogens with two attached hydrogens (primary N) is 1. The van der Waals surface area contributed by atoms with Crippen LogP contribution in [0.2, 0.25) is 0 Å². The number of nitro benzene ring substituents is 1. The lowest BCUT2D eigenvalue weighted by atomic mass is 9.91. The Labute approximate surface area is 116 Å². The van der Waals surface area contributed by atoms with Crippen LogP contribution in [0.4, 0.5) is 16.2 Å². The van der Waals surface area contributed by atoms with Crippen molar-refractivity contribution >= 4 is 17.4 Å². The molecule has 1 aromatic rings. The Morgan fingerprint density at radius 3 is 2.50 bits per heavy atom. The standard InChI is InChI=1S/C13H18N4O3/c14-11-3-1-2-4-12(11)16-13(18)15-9-5-7-10(8-6-9)17(19)20/h5-8,11-12H,1-4,14H2,(H2,15,16,18). The molecule has 0 aromatic heterocycles. The fourth-order valence-electron chi connectivity index (χ4n) is 2.34. The Morgan fingerprint density at radius 2 is 1.90 bits per heavy atom. The summed E-state index contributed by atoms with van der Waals surface area (Å²) in [5.41, 5.74) is 6.46. The number of anilines is 1. The van der Waals surface area contributed by atoms with Gasteiger partial charge in [0, 0.05) is 29.9 Å². The number of nitro groups is 1. The van der Waals surface area contributed by atoms with E-state index in [9.17, 15) is 14.9 Å². The molecule has 0 aliphatic heterocycles. The minimum absolute atomic E-state index is 0.00800. The summed E-state index contributed by atoms with van der Waals surface area (Å²) in [7, 11) is 0. The van der Waals surface area contributed by atoms with Gasteiger partial charge in [-0.2, -0.15) is 0 Å². The Hall–Kier alpha value is -2.15. The average Bonchev–Trinajstić information content (AvgIpc) is 2.42. The number of nitrogens with one attached hydrogen (secondary N) is 2. The second kappa shape index (κ2) is 6.33. The van der Waals surface area contributed by atoms with Gasteiger partial charge in [-0.15, -0.1) is 0 Å². The number of carbonyl (C=O) groups is 1. The number of hydrogen-bond acceptors (Lipinski definition) is 4. The third kappa shape index (κ3) is 3.67. The molecule has 0 bridgehead atoms. The van der Waals surface area contributed by atoms with Crippen molar-refractivity contribution in [3.05, 3.63) is 34.4 Å². The van der Waals surface area contributed by atoms with Crippen LogP contribution in [0.1, 0.15) is 25.7 Å². The lowest BCUT2D eigenvalue weighted by Crippen LogP contribution is -2.50. The Balaban J connectivity index is 1.89. The minimum Gasteiger partial charge on any atom is -0.334 e. The van der Waals surface area contributed by atoms with Crippen molar-refractivity contribution in [2.24, 2.45) is 5.73 Å². The molecule has 2 rings (SSSR count). The Bertz CT molecular complexity index is 489. The number of benzene rings is 1. The molecule has 0 heterocycles. The average molecular weight is 278 g/mol. The minimum atomic E-state index is -0.481. The zero-order chi connectivity index (χ0) is 14.5. The van der Waals surface area contributed by atoms with Gasteiger partial charge >= 0.3 is 6.03 Å². The number of amides is 2. The Kier molecular flexibility index (Phi) is 4.52. The first-order chi connectivity index (χ1) is 9.56. The summed E-state index contributed by atoms with van der Waals surface area (Å²) in [6.45, 7) is 0. The van der Waals surface area contributed by atoms with E-state index in [0.29, 0.717) is 5.69 Å². The quantitative estimate of drug-likeness (QED) is 0.580. The molecule has 7 heteroatoms. The van der Waals surface area contributed by atoms with Gasteiger partial charge in [-0.1, -0.05) is 12.8 Å². The molecule has 0 saturated heterocycles. The molecule has 2 atom stereocenters. The van der Waals surface area contributed by atoms with E-state index in [1.807, 2.05) is 0 Å². The van der Waals surface area contributed by atoms with Gasteiger partial charge in [0.05, 0.1) is 4.92 Å². The predicted molar refractivity (Wildman–Crippen MR) is 75.5 cm³/mol. The fourth-order valence-corrected chi connectivity index (χ4v) is 2.34. The third-order valence-corrected chi connectivity index (χ3v) is 3.47. The van der Waals surface area contributed by atoms with E-state index in [4.69, 9.17) is 5.73 Å². The normalized spacial score (nSPS) is 22.1. The molecule has 2 unspecified atom stereocenters. The van der Waals surface area contributed by atoms with Crippen LogP contribution in [0, 0.1) is 10.1 Å². The van der Waals surface area contributed by atoms with Crippen molar-refractivity contribution in [1.82, 2.24) is 5.32 Å². The van der Waals surface area contributed by atoms with Crippen molar-refractivity contribution < 1.29 is 9.72 Å². The molecule has 2 amide bonds. The number of urea groups is 1. The van der Waals surface area contributed by atoms with Crippen molar-refractivity contribution in [2.75, 3.05) is 5.32 Å². The monoisotopic (exact) mass is 278 g/mol. The highest BCUT2D eigenvalue weighted by Crippen LogP contribution is 2.18. The maximum absolute atomic E-state index is 11.8. The van der Waals surface area contributed by atoms with Gasteiger partial charge in [-0.3, -0.25) is 10.1 Å². The molecule has 1 saturated carbocycles. The van der Waals surface area contributed by atoms with Crippen LogP contribution in [0.5, 0.6) is 0 Å². The number of hydrogen-bond donors (Lipinski definition) is 3. The van der Waals surface area contributed by atoms with E-state index in [2.05, 4.69) is 10.6 Å². The number of non-ortho nitro benzene ring substituents is 1. The van der Waals surface area contributed by atoms with Crippen LogP contribution in [0.15, 0.2) is 24.3 Å². The lowest BCUT2D eigenvalue weighted by Gasteiger charge is -2.29. The van der Waals surface area contributed by atoms with Gasteiger partial charge in [0.2, 0.25) is 0 Å². The van der Waals surface area contributed by atoms with E-state index in [1.165, 1.54) is 24.3 Å². The largest absolute Gasteiger partial charge is 0.334 e. The number of carbonyl (C=O) groups excluding carboxylic acids is 1. The van der Waals surface area contributed by atoms with Crippen molar-refractivity contribution in [3.8, 4) is 0 Å². The highest BCUT2D eigenvalue weighted by molar-refractivity contribution is 5.89. The second-order valence-electron chi connectivity index (χ2n) is 4.96. The summed E-state index contributed by atoms with van der Waals surface area (Å²) in [5.74, 6) is 0. The molecular weight excluding hydrogens is 260 g/mol. The maximum atomic E-state index is 11.8. The summed E-state index contributed by atoms with van der Waals surface area (Å²) < 4.78 is 0. The van der Waals surface area contributed by atoms with E-state index >= 15 is 0 Å². The smallest absolute Gasteiger partial charge is 0.319 e. The van der Waals surface area contributed by atoms with E-state index in [0.717, 1.165) is 25.7 Å². The zero-order valence-corrected chi connectivity index (χ0v) is 11.0. The highest BCUT2D eigenvalue weighted by Gasteiger charge is 2.23. The summed E-state index contributed by atoms with van der Waals surface area (Å²) in [6, 6.07) is 5.34. The van der Waals surface area contributed by atoms with Crippen molar-refractivity contribution in [1.29, 1.82) is 0 Å². The highest BCUT2D eigenvalue weighted by atomic mass is 16.6. The van der Waals surface area contributed by atoms with Crippen LogP contribution >= 0.6 is 0 Å². The van der Waals surface area contributed by atoms with E-state index < -0.39 is 4.92 Å². The van der Waals surface area contributed by atoms with E-state index in [-0.39, 0.29) is 23.8 Å².